The smallest absolute Gasteiger partial charge is 0.296 e. The minimum Gasteiger partial charge on any atom is -0.506 e. The molecule has 0 saturated heterocycles. The third-order valence-corrected chi connectivity index (χ3v) is 13.2. The maximum atomic E-state index is 14.3. The molecule has 1 aliphatic heterocycles. The van der Waals surface area contributed by atoms with Gasteiger partial charge in [0.05, 0.1) is 60.4 Å². The van der Waals surface area contributed by atoms with Crippen molar-refractivity contribution in [2.24, 2.45) is 0 Å². The predicted octanol–water partition coefficient (Wildman–Crippen LogP) is 0.535. The average molecular weight is 855 g/mol. The Labute approximate surface area is 310 Å². The third-order valence-electron chi connectivity index (χ3n) is 8.17. The van der Waals surface area contributed by atoms with Gasteiger partial charge >= 0.3 is 0 Å². The molecule has 288 valence electrons. The Kier molecular flexibility index (Phi) is 9.82. The van der Waals surface area contributed by atoms with Gasteiger partial charge in [-0.3, -0.25) is 32.0 Å². The zero-order chi connectivity index (χ0) is 40.6. The van der Waals surface area contributed by atoms with Crippen molar-refractivity contribution in [1.82, 2.24) is 4.98 Å². The van der Waals surface area contributed by atoms with Crippen molar-refractivity contribution >= 4 is 90.1 Å². The number of aromatic nitrogens is 1. The molecule has 1 heterocycles. The van der Waals surface area contributed by atoms with Crippen LogP contribution < -0.4 is 21.5 Å². The summed E-state index contributed by atoms with van der Waals surface area (Å²) in [6, 6.07) is 10.6. The molecule has 0 aromatic heterocycles. The Balaban J connectivity index is 1.89. The van der Waals surface area contributed by atoms with E-state index in [2.05, 4.69) is 10.3 Å². The number of aliphatic hydroxyl groups excluding tert-OH is 2. The molecule has 1 atom stereocenters. The van der Waals surface area contributed by atoms with E-state index in [0.29, 0.717) is 12.1 Å². The van der Waals surface area contributed by atoms with Crippen molar-refractivity contribution in [2.45, 2.75) is 24.5 Å². The van der Waals surface area contributed by atoms with Gasteiger partial charge in [0.15, 0.2) is 5.43 Å². The topological polar surface area (TPSA) is 334 Å². The van der Waals surface area contributed by atoms with E-state index < -0.39 is 143 Å². The summed E-state index contributed by atoms with van der Waals surface area (Å²) in [5.41, 5.74) is -5.15. The van der Waals surface area contributed by atoms with E-state index in [1.54, 1.807) is 0 Å². The molecule has 4 aromatic carbocycles. The number of aliphatic hydroxyl groups is 2. The van der Waals surface area contributed by atoms with E-state index in [1.807, 2.05) is 0 Å². The zero-order valence-corrected chi connectivity index (χ0v) is 31.0. The molecule has 1 aliphatic carbocycles. The molecule has 0 bridgehead atoms. The van der Waals surface area contributed by atoms with Crippen LogP contribution in [0.1, 0.15) is 5.56 Å². The second kappa shape index (κ2) is 13.6. The number of nitrogens with zero attached hydrogens (tertiary/aromatic N) is 1. The number of hydrogen-bond donors (Lipinski definition) is 7. The lowest BCUT2D eigenvalue weighted by Gasteiger charge is -2.18. The molecule has 55 heavy (non-hydrogen) atoms. The van der Waals surface area contributed by atoms with Gasteiger partial charge in [-0.25, -0.2) is 4.98 Å². The highest BCUT2D eigenvalue weighted by molar-refractivity contribution is 7.89. The summed E-state index contributed by atoms with van der Waals surface area (Å²) >= 11 is 0. The largest absolute Gasteiger partial charge is 0.506 e. The molecule has 0 amide bonds. The van der Waals surface area contributed by atoms with E-state index in [4.69, 9.17) is 0 Å². The second-order valence-electron chi connectivity index (χ2n) is 11.5. The Bertz CT molecular complexity index is 3380. The van der Waals surface area contributed by atoms with Crippen molar-refractivity contribution in [3.8, 4) is 0 Å². The summed E-state index contributed by atoms with van der Waals surface area (Å²) in [6.45, 7) is -0.801. The number of fused-ring (bicyclic) bond motifs is 2. The number of benzene rings is 4. The van der Waals surface area contributed by atoms with Crippen molar-refractivity contribution in [3.63, 3.8) is 0 Å². The van der Waals surface area contributed by atoms with Crippen molar-refractivity contribution in [3.05, 3.63) is 109 Å². The van der Waals surface area contributed by atoms with Gasteiger partial charge < -0.3 is 15.5 Å². The van der Waals surface area contributed by atoms with Gasteiger partial charge in [-0.2, -0.15) is 33.7 Å². The first kappa shape index (κ1) is 39.7. The fraction of sp³-hybridized carbons (Fsp3) is 0.0645. The minimum absolute atomic E-state index is 0.117. The van der Waals surface area contributed by atoms with E-state index >= 15 is 0 Å². The quantitative estimate of drug-likeness (QED) is 0.0924. The van der Waals surface area contributed by atoms with Crippen molar-refractivity contribution < 1.29 is 66.3 Å². The molecule has 2 aliphatic rings. The van der Waals surface area contributed by atoms with Crippen molar-refractivity contribution in [1.29, 1.82) is 0 Å². The summed E-state index contributed by atoms with van der Waals surface area (Å²) in [5, 5.41) is 20.6. The van der Waals surface area contributed by atoms with E-state index in [0.717, 1.165) is 24.3 Å². The van der Waals surface area contributed by atoms with Crippen LogP contribution in [0.4, 0.5) is 11.4 Å². The highest BCUT2D eigenvalue weighted by Gasteiger charge is 2.30. The molecule has 6 rings (SSSR count). The molecular formula is C31H22N2O17S5. The molecule has 24 heteroatoms. The van der Waals surface area contributed by atoms with Gasteiger partial charge in [0.2, 0.25) is 0 Å². The molecule has 4 aromatic rings. The minimum atomic E-state index is -5.51. The maximum absolute atomic E-state index is 14.3. The highest BCUT2D eigenvalue weighted by atomic mass is 32.2. The van der Waals surface area contributed by atoms with Crippen LogP contribution in [0.2, 0.25) is 0 Å². The van der Waals surface area contributed by atoms with Crippen LogP contribution in [0.15, 0.2) is 101 Å². The van der Waals surface area contributed by atoms with Gasteiger partial charge in [0, 0.05) is 21.4 Å². The first-order chi connectivity index (χ1) is 25.4. The lowest BCUT2D eigenvalue weighted by molar-refractivity contribution is 0.321. The van der Waals surface area contributed by atoms with Crippen LogP contribution in [0.25, 0.3) is 27.4 Å². The molecule has 0 radical (unpaired) electrons. The SMILES string of the molecule is O=c1nc2c(S(=O)(=O)O)cc(Nc3cc(S(=O)CCO)c(S(=O)(=O)O)cc3S(=O)(=O)O)c3c2=c(c1=C(O)c1cccc(S(=O)(=O)O)c1)c1ccccc1c3=O. The van der Waals surface area contributed by atoms with Gasteiger partial charge in [-0.1, -0.05) is 36.4 Å². The fourth-order valence-electron chi connectivity index (χ4n) is 5.96. The van der Waals surface area contributed by atoms with Crippen LogP contribution in [-0.4, -0.2) is 83.6 Å². The summed E-state index contributed by atoms with van der Waals surface area (Å²) in [7, 11) is -23.7. The summed E-state index contributed by atoms with van der Waals surface area (Å²) in [6.07, 6.45) is 0. The van der Waals surface area contributed by atoms with Gasteiger partial charge in [-0.15, -0.1) is 0 Å². The fourth-order valence-corrected chi connectivity index (χ4v) is 9.97. The first-order valence-electron chi connectivity index (χ1n) is 14.8. The van der Waals surface area contributed by atoms with Crippen LogP contribution in [0, 0.1) is 10.4 Å². The summed E-state index contributed by atoms with van der Waals surface area (Å²) < 4.78 is 152. The summed E-state index contributed by atoms with van der Waals surface area (Å²) in [4.78, 5) is 26.5. The van der Waals surface area contributed by atoms with Crippen LogP contribution >= 0.6 is 0 Å². The van der Waals surface area contributed by atoms with E-state index in [9.17, 15) is 75.9 Å². The Morgan fingerprint density at radius 1 is 0.691 bits per heavy atom. The van der Waals surface area contributed by atoms with E-state index in [1.165, 1.54) is 24.3 Å². The Morgan fingerprint density at radius 3 is 1.89 bits per heavy atom. The van der Waals surface area contributed by atoms with Crippen molar-refractivity contribution in [2.75, 3.05) is 17.7 Å². The number of anilines is 2. The van der Waals surface area contributed by atoms with Crippen LogP contribution in [-0.2, 0) is 51.3 Å². The van der Waals surface area contributed by atoms with Gasteiger partial charge in [0.25, 0.3) is 46.0 Å². The molecule has 7 N–H and O–H groups in total. The maximum Gasteiger partial charge on any atom is 0.296 e. The molecule has 19 nitrogen and oxygen atoms in total. The normalized spacial score (nSPS) is 14.1. The lowest BCUT2D eigenvalue weighted by Crippen LogP contribution is -2.33. The third kappa shape index (κ3) is 7.15. The van der Waals surface area contributed by atoms with Gasteiger partial charge in [-0.05, 0) is 35.7 Å². The highest BCUT2D eigenvalue weighted by Crippen LogP contribution is 2.36. The van der Waals surface area contributed by atoms with E-state index in [-0.39, 0.29) is 22.4 Å². The zero-order valence-electron chi connectivity index (χ0n) is 26.9. The van der Waals surface area contributed by atoms with Crippen LogP contribution in [0.3, 0.4) is 0 Å². The Hall–Kier alpha value is -5.02. The van der Waals surface area contributed by atoms with Crippen LogP contribution in [0.5, 0.6) is 0 Å². The molecule has 0 spiro atoms. The number of nitrogens with one attached hydrogen (secondary N) is 1. The standard InChI is InChI=1S/C31H22N2O17S5/c34-8-9-51(38)20-11-18(21(53(42,43)44)13-22(20)54(45,46)47)32-19-12-23(55(48,49)50)28-26-24(16-6-1-2-7-17(16)30(36)25(19)26)27(31(37)33-28)29(35)14-4-3-5-15(10-14)52(39,40)41/h1-7,10-13,32,34-35H,8-9H2,(H,39,40,41)(H,42,43,44)(H,45,46,47)(H,48,49,50). The molecule has 0 fully saturated rings. The first-order valence-corrected chi connectivity index (χ1v) is 21.9. The monoisotopic (exact) mass is 854 g/mol. The predicted molar refractivity (Wildman–Crippen MR) is 192 cm³/mol. The average Bonchev–Trinajstić information content (AvgIpc) is 3.08. The molecular weight excluding hydrogens is 833 g/mol. The lowest BCUT2D eigenvalue weighted by atomic mass is 9.96. The summed E-state index contributed by atoms with van der Waals surface area (Å²) in [5.74, 6) is -1.63. The molecule has 0 saturated carbocycles. The van der Waals surface area contributed by atoms with Gasteiger partial charge in [0.1, 0.15) is 20.4 Å². The molecule has 1 unspecified atom stereocenters. The Morgan fingerprint density at radius 2 is 1.31 bits per heavy atom. The second-order valence-corrected chi connectivity index (χ2v) is 18.7. The number of hydrogen-bond acceptors (Lipinski definition) is 15. The number of rotatable bonds is 10.